The van der Waals surface area contributed by atoms with E-state index in [4.69, 9.17) is 4.74 Å². The third-order valence-corrected chi connectivity index (χ3v) is 6.05. The van der Waals surface area contributed by atoms with Crippen LogP contribution in [-0.2, 0) is 24.2 Å². The second-order valence-corrected chi connectivity index (χ2v) is 8.34. The maximum absolute atomic E-state index is 12.5. The van der Waals surface area contributed by atoms with Gasteiger partial charge in [0.2, 0.25) is 5.91 Å². The number of hydrogen-bond acceptors (Lipinski definition) is 5. The van der Waals surface area contributed by atoms with Gasteiger partial charge in [-0.3, -0.25) is 9.69 Å². The van der Waals surface area contributed by atoms with Gasteiger partial charge in [0.1, 0.15) is 16.8 Å². The monoisotopic (exact) mass is 383 g/mol. The number of nitriles is 1. The Labute approximate surface area is 164 Å². The highest BCUT2D eigenvalue weighted by Gasteiger charge is 2.24. The van der Waals surface area contributed by atoms with E-state index in [0.29, 0.717) is 23.0 Å². The number of amides is 1. The number of thiophene rings is 1. The van der Waals surface area contributed by atoms with Crippen LogP contribution in [0.1, 0.15) is 34.9 Å². The average Bonchev–Trinajstić information content (AvgIpc) is 2.97. The number of likely N-dealkylation sites (N-methyl/N-ethyl adjacent to an activating group) is 1. The third-order valence-electron chi connectivity index (χ3n) is 4.88. The first kappa shape index (κ1) is 19.4. The summed E-state index contributed by atoms with van der Waals surface area (Å²) in [7, 11) is 3.55. The Kier molecular flexibility index (Phi) is 6.15. The zero-order valence-electron chi connectivity index (χ0n) is 16.0. The molecule has 2 aromatic rings. The molecule has 0 radical (unpaired) electrons. The Balaban J connectivity index is 1.63. The average molecular weight is 384 g/mol. The summed E-state index contributed by atoms with van der Waals surface area (Å²) in [6.45, 7) is 3.15. The van der Waals surface area contributed by atoms with Gasteiger partial charge >= 0.3 is 0 Å². The van der Waals surface area contributed by atoms with Crippen molar-refractivity contribution in [2.75, 3.05) is 26.0 Å². The van der Waals surface area contributed by atoms with Crippen LogP contribution in [-0.4, -0.2) is 31.5 Å². The number of fused-ring (bicyclic) bond motifs is 1. The molecule has 1 N–H and O–H groups in total. The zero-order valence-corrected chi connectivity index (χ0v) is 16.9. The summed E-state index contributed by atoms with van der Waals surface area (Å²) in [6, 6.07) is 10.1. The molecule has 142 valence electrons. The highest BCUT2D eigenvalue weighted by molar-refractivity contribution is 7.16. The quantitative estimate of drug-likeness (QED) is 0.823. The zero-order chi connectivity index (χ0) is 19.4. The van der Waals surface area contributed by atoms with E-state index < -0.39 is 0 Å². The van der Waals surface area contributed by atoms with Crippen molar-refractivity contribution < 1.29 is 9.53 Å². The van der Waals surface area contributed by atoms with Gasteiger partial charge in [0, 0.05) is 11.4 Å². The van der Waals surface area contributed by atoms with Gasteiger partial charge in [-0.1, -0.05) is 19.1 Å². The van der Waals surface area contributed by atoms with Crippen molar-refractivity contribution in [3.05, 3.63) is 45.8 Å². The number of hydrogen-bond donors (Lipinski definition) is 1. The normalized spacial score (nSPS) is 15.9. The SMILES string of the molecule is COc1cccc(CN(C)CC(=O)Nc2sc3c(c2C#N)CC[C@@H](C)C3)c1. The summed E-state index contributed by atoms with van der Waals surface area (Å²) in [5.41, 5.74) is 2.88. The number of anilines is 1. The fourth-order valence-electron chi connectivity index (χ4n) is 3.51. The van der Waals surface area contributed by atoms with Gasteiger partial charge in [-0.25, -0.2) is 0 Å². The van der Waals surface area contributed by atoms with Crippen LogP contribution in [0.5, 0.6) is 5.75 Å². The van der Waals surface area contributed by atoms with Gasteiger partial charge in [-0.15, -0.1) is 11.3 Å². The number of methoxy groups -OCH3 is 1. The first-order valence-electron chi connectivity index (χ1n) is 9.16. The standard InChI is InChI=1S/C21H25N3O2S/c1-14-7-8-17-18(11-22)21(27-19(17)9-14)23-20(25)13-24(2)12-15-5-4-6-16(10-15)26-3/h4-6,10,14H,7-9,12-13H2,1-3H3,(H,23,25)/t14-/m1/s1. The maximum atomic E-state index is 12.5. The third kappa shape index (κ3) is 4.68. The highest BCUT2D eigenvalue weighted by Crippen LogP contribution is 2.39. The fraction of sp³-hybridized carbons (Fsp3) is 0.429. The van der Waals surface area contributed by atoms with Crippen LogP contribution < -0.4 is 10.1 Å². The second-order valence-electron chi connectivity index (χ2n) is 7.24. The first-order valence-corrected chi connectivity index (χ1v) is 9.97. The van der Waals surface area contributed by atoms with Crippen LogP contribution in [0.25, 0.3) is 0 Å². The van der Waals surface area contributed by atoms with Crippen LogP contribution in [0.4, 0.5) is 5.00 Å². The molecule has 1 heterocycles. The molecule has 1 aromatic heterocycles. The lowest BCUT2D eigenvalue weighted by molar-refractivity contribution is -0.117. The second kappa shape index (κ2) is 8.55. The Morgan fingerprint density at radius 3 is 3.04 bits per heavy atom. The summed E-state index contributed by atoms with van der Waals surface area (Å²) >= 11 is 1.57. The Morgan fingerprint density at radius 1 is 1.48 bits per heavy atom. The molecule has 1 aliphatic rings. The van der Waals surface area contributed by atoms with Crippen LogP contribution >= 0.6 is 11.3 Å². The summed E-state index contributed by atoms with van der Waals surface area (Å²) in [5.74, 6) is 1.35. The summed E-state index contributed by atoms with van der Waals surface area (Å²) in [4.78, 5) is 15.7. The molecular formula is C21H25N3O2S. The number of nitrogens with zero attached hydrogens (tertiary/aromatic N) is 2. The van der Waals surface area contributed by atoms with E-state index in [1.165, 1.54) is 4.88 Å². The summed E-state index contributed by atoms with van der Waals surface area (Å²) in [6.07, 6.45) is 3.04. The van der Waals surface area contributed by atoms with E-state index in [1.54, 1.807) is 18.4 Å². The maximum Gasteiger partial charge on any atom is 0.239 e. The topological polar surface area (TPSA) is 65.4 Å². The molecule has 3 rings (SSSR count). The van der Waals surface area contributed by atoms with Crippen molar-refractivity contribution >= 4 is 22.2 Å². The van der Waals surface area contributed by atoms with E-state index >= 15 is 0 Å². The van der Waals surface area contributed by atoms with Crippen molar-refractivity contribution in [2.24, 2.45) is 5.92 Å². The largest absolute Gasteiger partial charge is 0.497 e. The Hall–Kier alpha value is -2.36. The lowest BCUT2D eigenvalue weighted by atomic mass is 9.89. The van der Waals surface area contributed by atoms with Gasteiger partial charge in [0.05, 0.1) is 19.2 Å². The molecule has 6 heteroatoms. The van der Waals surface area contributed by atoms with Crippen LogP contribution in [0.2, 0.25) is 0 Å². The molecule has 0 bridgehead atoms. The molecule has 0 spiro atoms. The minimum atomic E-state index is -0.0939. The van der Waals surface area contributed by atoms with Crippen LogP contribution in [0, 0.1) is 17.2 Å². The van der Waals surface area contributed by atoms with E-state index in [-0.39, 0.29) is 12.5 Å². The minimum Gasteiger partial charge on any atom is -0.497 e. The molecule has 1 amide bonds. The smallest absolute Gasteiger partial charge is 0.239 e. The highest BCUT2D eigenvalue weighted by atomic mass is 32.1. The van der Waals surface area contributed by atoms with E-state index in [0.717, 1.165) is 36.1 Å². The molecule has 0 fully saturated rings. The molecule has 0 saturated carbocycles. The molecule has 1 aliphatic carbocycles. The fourth-order valence-corrected chi connectivity index (χ4v) is 4.88. The number of rotatable bonds is 6. The summed E-state index contributed by atoms with van der Waals surface area (Å²) < 4.78 is 5.24. The van der Waals surface area contributed by atoms with E-state index in [1.807, 2.05) is 36.2 Å². The van der Waals surface area contributed by atoms with Gasteiger partial charge in [0.25, 0.3) is 0 Å². The van der Waals surface area contributed by atoms with Crippen molar-refractivity contribution in [3.63, 3.8) is 0 Å². The number of benzene rings is 1. The van der Waals surface area contributed by atoms with Gasteiger partial charge in [-0.2, -0.15) is 5.26 Å². The van der Waals surface area contributed by atoms with Gasteiger partial charge in [-0.05, 0) is 55.5 Å². The minimum absolute atomic E-state index is 0.0939. The van der Waals surface area contributed by atoms with Crippen LogP contribution in [0.3, 0.4) is 0 Å². The molecule has 0 unspecified atom stereocenters. The predicted molar refractivity (Wildman–Crippen MR) is 108 cm³/mol. The van der Waals surface area contributed by atoms with Crippen molar-refractivity contribution in [3.8, 4) is 11.8 Å². The number of carbonyl (C=O) groups is 1. The molecular weight excluding hydrogens is 358 g/mol. The van der Waals surface area contributed by atoms with E-state index in [9.17, 15) is 10.1 Å². The van der Waals surface area contributed by atoms with Gasteiger partial charge in [0.15, 0.2) is 0 Å². The molecule has 27 heavy (non-hydrogen) atoms. The summed E-state index contributed by atoms with van der Waals surface area (Å²) in [5, 5.41) is 13.2. The lowest BCUT2D eigenvalue weighted by Crippen LogP contribution is -2.29. The van der Waals surface area contributed by atoms with Crippen molar-refractivity contribution in [1.82, 2.24) is 4.90 Å². The molecule has 0 saturated heterocycles. The van der Waals surface area contributed by atoms with Gasteiger partial charge < -0.3 is 10.1 Å². The molecule has 1 atom stereocenters. The predicted octanol–water partition coefficient (Wildman–Crippen LogP) is 3.82. The molecule has 0 aliphatic heterocycles. The van der Waals surface area contributed by atoms with Crippen LogP contribution in [0.15, 0.2) is 24.3 Å². The Bertz CT molecular complexity index is 869. The number of carbonyl (C=O) groups excluding carboxylic acids is 1. The van der Waals surface area contributed by atoms with E-state index in [2.05, 4.69) is 18.3 Å². The van der Waals surface area contributed by atoms with Crippen molar-refractivity contribution in [2.45, 2.75) is 32.7 Å². The lowest BCUT2D eigenvalue weighted by Gasteiger charge is -2.17. The Morgan fingerprint density at radius 2 is 2.30 bits per heavy atom. The number of ether oxygens (including phenoxy) is 1. The van der Waals surface area contributed by atoms with Crippen molar-refractivity contribution in [1.29, 1.82) is 5.26 Å². The first-order chi connectivity index (χ1) is 13.0. The number of nitrogens with one attached hydrogen (secondary N) is 1. The molecule has 1 aromatic carbocycles. The molecule has 5 nitrogen and oxygen atoms in total.